The van der Waals surface area contributed by atoms with Crippen molar-refractivity contribution >= 4 is 11.6 Å². The molecule has 6 nitrogen and oxygen atoms in total. The molecule has 0 saturated carbocycles. The second-order valence-corrected chi connectivity index (χ2v) is 5.25. The van der Waals surface area contributed by atoms with Crippen molar-refractivity contribution in [2.75, 3.05) is 20.1 Å². The van der Waals surface area contributed by atoms with Gasteiger partial charge in [-0.2, -0.15) is 0 Å². The number of hydrogen-bond donors (Lipinski definition) is 1. The van der Waals surface area contributed by atoms with Crippen molar-refractivity contribution in [3.8, 4) is 0 Å². The molecular weight excluding hydrogens is 277 g/mol. The molecule has 0 radical (unpaired) electrons. The van der Waals surface area contributed by atoms with E-state index in [2.05, 4.69) is 5.32 Å². The Morgan fingerprint density at radius 1 is 1.52 bits per heavy atom. The molecule has 1 aromatic rings. The molecule has 0 aromatic heterocycles. The van der Waals surface area contributed by atoms with E-state index in [1.807, 2.05) is 0 Å². The second kappa shape index (κ2) is 6.62. The summed E-state index contributed by atoms with van der Waals surface area (Å²) >= 11 is 0. The zero-order valence-corrected chi connectivity index (χ0v) is 11.8. The standard InChI is InChI=1S/C14H18FN3O3/c1-17(9-11-4-2-3-7-16-11)14(19)12-6-5-10(15)8-13(12)18(20)21/h5-6,8,11,16H,2-4,7,9H2,1H3. The van der Waals surface area contributed by atoms with E-state index in [0.29, 0.717) is 6.54 Å². The van der Waals surface area contributed by atoms with Gasteiger partial charge in [0, 0.05) is 19.6 Å². The molecule has 1 aromatic carbocycles. The summed E-state index contributed by atoms with van der Waals surface area (Å²) in [5.41, 5.74) is -0.580. The summed E-state index contributed by atoms with van der Waals surface area (Å²) in [6, 6.07) is 3.21. The average molecular weight is 295 g/mol. The van der Waals surface area contributed by atoms with Crippen molar-refractivity contribution in [3.05, 3.63) is 39.7 Å². The molecular formula is C14H18FN3O3. The van der Waals surface area contributed by atoms with Crippen LogP contribution in [0.5, 0.6) is 0 Å². The number of amides is 1. The number of nitro benzene ring substituents is 1. The summed E-state index contributed by atoms with van der Waals surface area (Å²) in [5.74, 6) is -1.19. The molecule has 0 aliphatic carbocycles. The predicted molar refractivity (Wildman–Crippen MR) is 75.7 cm³/mol. The third-order valence-electron chi connectivity index (χ3n) is 3.64. The van der Waals surface area contributed by atoms with Crippen LogP contribution in [0, 0.1) is 15.9 Å². The van der Waals surface area contributed by atoms with Gasteiger partial charge in [-0.25, -0.2) is 4.39 Å². The Labute approximate surface area is 122 Å². The number of nitrogens with zero attached hydrogens (tertiary/aromatic N) is 2. The quantitative estimate of drug-likeness (QED) is 0.680. The summed E-state index contributed by atoms with van der Waals surface area (Å²) in [7, 11) is 1.60. The fourth-order valence-electron chi connectivity index (χ4n) is 2.54. The molecule has 21 heavy (non-hydrogen) atoms. The van der Waals surface area contributed by atoms with Gasteiger partial charge in [-0.1, -0.05) is 6.42 Å². The zero-order valence-electron chi connectivity index (χ0n) is 11.8. The number of benzene rings is 1. The van der Waals surface area contributed by atoms with Crippen LogP contribution in [0.15, 0.2) is 18.2 Å². The van der Waals surface area contributed by atoms with Gasteiger partial charge in [0.25, 0.3) is 11.6 Å². The molecule has 1 heterocycles. The Balaban J connectivity index is 2.13. The molecule has 2 rings (SSSR count). The number of nitro groups is 1. The Kier molecular flexibility index (Phi) is 4.85. The van der Waals surface area contributed by atoms with Crippen LogP contribution in [0.2, 0.25) is 0 Å². The maximum atomic E-state index is 13.1. The van der Waals surface area contributed by atoms with E-state index in [9.17, 15) is 19.3 Å². The first-order chi connectivity index (χ1) is 9.99. The molecule has 1 aliphatic rings. The van der Waals surface area contributed by atoms with Gasteiger partial charge in [-0.15, -0.1) is 0 Å². The number of hydrogen-bond acceptors (Lipinski definition) is 4. The molecule has 1 atom stereocenters. The molecule has 0 spiro atoms. The van der Waals surface area contributed by atoms with Crippen molar-refractivity contribution in [3.63, 3.8) is 0 Å². The van der Waals surface area contributed by atoms with Crippen LogP contribution in [-0.2, 0) is 0 Å². The highest BCUT2D eigenvalue weighted by Crippen LogP contribution is 2.21. The topological polar surface area (TPSA) is 75.5 Å². The first kappa shape index (κ1) is 15.4. The fourth-order valence-corrected chi connectivity index (χ4v) is 2.54. The highest BCUT2D eigenvalue weighted by molar-refractivity contribution is 5.98. The Bertz CT molecular complexity index is 544. The number of nitrogens with one attached hydrogen (secondary N) is 1. The zero-order chi connectivity index (χ0) is 15.4. The Morgan fingerprint density at radius 3 is 2.90 bits per heavy atom. The number of halogens is 1. The van der Waals surface area contributed by atoms with Crippen molar-refractivity contribution in [1.82, 2.24) is 10.2 Å². The maximum absolute atomic E-state index is 13.1. The van der Waals surface area contributed by atoms with Crippen LogP contribution < -0.4 is 5.32 Å². The molecule has 7 heteroatoms. The van der Waals surface area contributed by atoms with Gasteiger partial charge in [0.2, 0.25) is 0 Å². The van der Waals surface area contributed by atoms with Crippen LogP contribution in [0.4, 0.5) is 10.1 Å². The lowest BCUT2D eigenvalue weighted by molar-refractivity contribution is -0.385. The van der Waals surface area contributed by atoms with E-state index in [4.69, 9.17) is 0 Å². The first-order valence-electron chi connectivity index (χ1n) is 6.92. The van der Waals surface area contributed by atoms with Crippen LogP contribution in [-0.4, -0.2) is 41.9 Å². The monoisotopic (exact) mass is 295 g/mol. The van der Waals surface area contributed by atoms with Gasteiger partial charge in [-0.3, -0.25) is 14.9 Å². The lowest BCUT2D eigenvalue weighted by atomic mass is 10.0. The van der Waals surface area contributed by atoms with Crippen molar-refractivity contribution < 1.29 is 14.1 Å². The molecule has 114 valence electrons. The minimum Gasteiger partial charge on any atom is -0.340 e. The summed E-state index contributed by atoms with van der Waals surface area (Å²) in [6.07, 6.45) is 3.21. The third kappa shape index (κ3) is 3.75. The van der Waals surface area contributed by atoms with Gasteiger partial charge < -0.3 is 10.2 Å². The molecule has 1 unspecified atom stereocenters. The first-order valence-corrected chi connectivity index (χ1v) is 6.92. The minimum atomic E-state index is -0.733. The predicted octanol–water partition coefficient (Wildman–Crippen LogP) is 1.95. The summed E-state index contributed by atoms with van der Waals surface area (Å²) in [5, 5.41) is 14.3. The number of rotatable bonds is 4. The van der Waals surface area contributed by atoms with Crippen molar-refractivity contribution in [2.24, 2.45) is 0 Å². The SMILES string of the molecule is CN(CC1CCCCN1)C(=O)c1ccc(F)cc1[N+](=O)[O-]. The summed E-state index contributed by atoms with van der Waals surface area (Å²) < 4.78 is 13.1. The lowest BCUT2D eigenvalue weighted by Crippen LogP contribution is -2.44. The van der Waals surface area contributed by atoms with Crippen LogP contribution in [0.1, 0.15) is 29.6 Å². The Hall–Kier alpha value is -2.02. The highest BCUT2D eigenvalue weighted by Gasteiger charge is 2.25. The second-order valence-electron chi connectivity index (χ2n) is 5.25. The molecule has 1 fully saturated rings. The minimum absolute atomic E-state index is 0.0836. The van der Waals surface area contributed by atoms with Crippen molar-refractivity contribution in [1.29, 1.82) is 0 Å². The molecule has 1 amide bonds. The number of carbonyl (C=O) groups excluding carboxylic acids is 1. The van der Waals surface area contributed by atoms with Crippen molar-refractivity contribution in [2.45, 2.75) is 25.3 Å². The van der Waals surface area contributed by atoms with Gasteiger partial charge in [0.05, 0.1) is 11.0 Å². The normalized spacial score (nSPS) is 18.3. The summed E-state index contributed by atoms with van der Waals surface area (Å²) in [4.78, 5) is 24.0. The van der Waals surface area contributed by atoms with E-state index in [0.717, 1.165) is 37.9 Å². The lowest BCUT2D eigenvalue weighted by Gasteiger charge is -2.28. The van der Waals surface area contributed by atoms with Crippen LogP contribution in [0.25, 0.3) is 0 Å². The van der Waals surface area contributed by atoms with Gasteiger partial charge in [0.15, 0.2) is 0 Å². The molecule has 1 aliphatic heterocycles. The molecule has 0 bridgehead atoms. The van der Waals surface area contributed by atoms with Crippen LogP contribution >= 0.6 is 0 Å². The van der Waals surface area contributed by atoms with E-state index in [1.54, 1.807) is 7.05 Å². The van der Waals surface area contributed by atoms with Gasteiger partial charge >= 0.3 is 0 Å². The molecule has 1 saturated heterocycles. The van der Waals surface area contributed by atoms with E-state index in [1.165, 1.54) is 11.0 Å². The number of carbonyl (C=O) groups is 1. The summed E-state index contributed by atoms with van der Waals surface area (Å²) in [6.45, 7) is 1.40. The molecule has 1 N–H and O–H groups in total. The number of piperidine rings is 1. The van der Waals surface area contributed by atoms with E-state index in [-0.39, 0.29) is 11.6 Å². The third-order valence-corrected chi connectivity index (χ3v) is 3.64. The van der Waals surface area contributed by atoms with E-state index < -0.39 is 22.3 Å². The largest absolute Gasteiger partial charge is 0.340 e. The van der Waals surface area contributed by atoms with Gasteiger partial charge in [-0.05, 0) is 31.5 Å². The Morgan fingerprint density at radius 2 is 2.29 bits per heavy atom. The highest BCUT2D eigenvalue weighted by atomic mass is 19.1. The van der Waals surface area contributed by atoms with Gasteiger partial charge in [0.1, 0.15) is 11.4 Å². The number of likely N-dealkylation sites (N-methyl/N-ethyl adjacent to an activating group) is 1. The van der Waals surface area contributed by atoms with E-state index >= 15 is 0 Å². The fraction of sp³-hybridized carbons (Fsp3) is 0.500. The average Bonchev–Trinajstić information content (AvgIpc) is 2.47. The smallest absolute Gasteiger partial charge is 0.285 e. The maximum Gasteiger partial charge on any atom is 0.285 e. The van der Waals surface area contributed by atoms with Crippen LogP contribution in [0.3, 0.4) is 0 Å².